The normalized spacial score (nSPS) is 14.1. The Morgan fingerprint density at radius 3 is 2.57 bits per heavy atom. The number of sulfonamides is 1. The smallest absolute Gasteiger partial charge is 0.212 e. The van der Waals surface area contributed by atoms with Gasteiger partial charge in [-0.25, -0.2) is 13.1 Å². The van der Waals surface area contributed by atoms with Gasteiger partial charge in [0.25, 0.3) is 0 Å². The molecule has 0 saturated heterocycles. The molecule has 0 radical (unpaired) electrons. The molecule has 0 aliphatic heterocycles. The second kappa shape index (κ2) is 7.51. The minimum Gasteiger partial charge on any atom is -0.399 e. The number of hydrogen-bond donors (Lipinski definition) is 2. The summed E-state index contributed by atoms with van der Waals surface area (Å²) in [4.78, 5) is 0.994. The van der Waals surface area contributed by atoms with Gasteiger partial charge in [0.2, 0.25) is 10.0 Å². The summed E-state index contributed by atoms with van der Waals surface area (Å²) in [7, 11) is -3.22. The van der Waals surface area contributed by atoms with Gasteiger partial charge in [-0.1, -0.05) is 33.8 Å². The third-order valence-corrected chi connectivity index (χ3v) is 6.17. The first-order chi connectivity index (χ1) is 9.60. The zero-order chi connectivity index (χ0) is 16.1. The molecule has 3 N–H and O–H groups in total. The van der Waals surface area contributed by atoms with Crippen molar-refractivity contribution in [3.8, 4) is 0 Å². The number of anilines is 1. The van der Waals surface area contributed by atoms with Crippen molar-refractivity contribution in [2.75, 3.05) is 23.8 Å². The van der Waals surface area contributed by atoms with Crippen molar-refractivity contribution >= 4 is 27.5 Å². The summed E-state index contributed by atoms with van der Waals surface area (Å²) in [6.07, 6.45) is 0. The van der Waals surface area contributed by atoms with Gasteiger partial charge in [-0.05, 0) is 29.5 Å². The van der Waals surface area contributed by atoms with E-state index in [1.165, 1.54) is 11.8 Å². The molecule has 1 unspecified atom stereocenters. The van der Waals surface area contributed by atoms with E-state index < -0.39 is 10.0 Å². The van der Waals surface area contributed by atoms with Crippen molar-refractivity contribution in [1.29, 1.82) is 0 Å². The molecule has 0 fully saturated rings. The van der Waals surface area contributed by atoms with E-state index in [1.807, 2.05) is 24.3 Å². The Bertz CT molecular complexity index is 551. The fourth-order valence-electron chi connectivity index (χ4n) is 1.50. The van der Waals surface area contributed by atoms with Gasteiger partial charge < -0.3 is 5.73 Å². The first kappa shape index (κ1) is 18.3. The lowest BCUT2D eigenvalue weighted by molar-refractivity contribution is 0.263. The molecular formula is C15H26N2O2S2. The van der Waals surface area contributed by atoms with Crippen molar-refractivity contribution in [2.45, 2.75) is 32.6 Å². The Morgan fingerprint density at radius 2 is 2.00 bits per heavy atom. The number of nitrogens with two attached hydrogens (primary N) is 1. The van der Waals surface area contributed by atoms with E-state index in [0.717, 1.165) is 4.90 Å². The highest BCUT2D eigenvalue weighted by atomic mass is 32.2. The lowest BCUT2D eigenvalue weighted by atomic mass is 9.82. The molecule has 0 spiro atoms. The van der Waals surface area contributed by atoms with Gasteiger partial charge in [-0.15, -0.1) is 11.8 Å². The number of nitrogen functional groups attached to an aromatic ring is 1. The Labute approximate surface area is 132 Å². The number of rotatable bonds is 7. The minimum atomic E-state index is -3.22. The predicted octanol–water partition coefficient (Wildman–Crippen LogP) is 2.96. The molecule has 6 heteroatoms. The number of hydrogen-bond acceptors (Lipinski definition) is 4. The van der Waals surface area contributed by atoms with Crippen LogP contribution in [0.5, 0.6) is 0 Å². The second-order valence-electron chi connectivity index (χ2n) is 6.36. The van der Waals surface area contributed by atoms with Crippen LogP contribution in [-0.2, 0) is 10.0 Å². The zero-order valence-corrected chi connectivity index (χ0v) is 14.9. The second-order valence-corrected chi connectivity index (χ2v) is 9.45. The lowest BCUT2D eigenvalue weighted by Crippen LogP contribution is -2.35. The maximum Gasteiger partial charge on any atom is 0.212 e. The standard InChI is InChI=1S/C15H26N2O2S2/c1-12(15(2,3)4)11-17-21(18,19)9-8-20-14-7-5-6-13(16)10-14/h5-7,10,12,17H,8-9,11,16H2,1-4H3. The van der Waals surface area contributed by atoms with E-state index in [9.17, 15) is 8.42 Å². The monoisotopic (exact) mass is 330 g/mol. The Morgan fingerprint density at radius 1 is 1.33 bits per heavy atom. The fraction of sp³-hybridized carbons (Fsp3) is 0.600. The summed E-state index contributed by atoms with van der Waals surface area (Å²) in [6, 6.07) is 7.47. The number of benzene rings is 1. The Hall–Kier alpha value is -0.720. The van der Waals surface area contributed by atoms with Gasteiger partial charge in [0.15, 0.2) is 0 Å². The summed E-state index contributed by atoms with van der Waals surface area (Å²) in [6.45, 7) is 8.88. The van der Waals surface area contributed by atoms with E-state index >= 15 is 0 Å². The third kappa shape index (κ3) is 7.20. The van der Waals surface area contributed by atoms with Gasteiger partial charge in [-0.2, -0.15) is 0 Å². The first-order valence-electron chi connectivity index (χ1n) is 7.06. The molecule has 1 atom stereocenters. The maximum atomic E-state index is 12.0. The molecule has 0 amide bonds. The lowest BCUT2D eigenvalue weighted by Gasteiger charge is -2.27. The van der Waals surface area contributed by atoms with Gasteiger partial charge in [0.1, 0.15) is 0 Å². The fourth-order valence-corrected chi connectivity index (χ4v) is 3.99. The van der Waals surface area contributed by atoms with Gasteiger partial charge >= 0.3 is 0 Å². The summed E-state index contributed by atoms with van der Waals surface area (Å²) in [5, 5.41) is 0. The van der Waals surface area contributed by atoms with Crippen molar-refractivity contribution in [3.05, 3.63) is 24.3 Å². The number of nitrogens with one attached hydrogen (secondary N) is 1. The molecule has 0 heterocycles. The highest BCUT2D eigenvalue weighted by Gasteiger charge is 2.21. The maximum absolute atomic E-state index is 12.0. The summed E-state index contributed by atoms with van der Waals surface area (Å²) in [5.41, 5.74) is 6.48. The molecule has 4 nitrogen and oxygen atoms in total. The largest absolute Gasteiger partial charge is 0.399 e. The summed E-state index contributed by atoms with van der Waals surface area (Å²) in [5.74, 6) is 0.917. The highest BCUT2D eigenvalue weighted by molar-refractivity contribution is 8.00. The first-order valence-corrected chi connectivity index (χ1v) is 9.69. The van der Waals surface area contributed by atoms with E-state index in [4.69, 9.17) is 5.73 Å². The summed E-state index contributed by atoms with van der Waals surface area (Å²) >= 11 is 1.50. The van der Waals surface area contributed by atoms with Crippen LogP contribution in [0.4, 0.5) is 5.69 Å². The molecule has 0 saturated carbocycles. The van der Waals surface area contributed by atoms with E-state index in [-0.39, 0.29) is 17.1 Å². The molecule has 0 aliphatic rings. The highest BCUT2D eigenvalue weighted by Crippen LogP contribution is 2.24. The quantitative estimate of drug-likeness (QED) is 0.595. The molecule has 0 aliphatic carbocycles. The third-order valence-electron chi connectivity index (χ3n) is 3.57. The Balaban J connectivity index is 2.40. The molecule has 1 rings (SSSR count). The SMILES string of the molecule is CC(CNS(=O)(=O)CCSc1cccc(N)c1)C(C)(C)C. The van der Waals surface area contributed by atoms with Gasteiger partial charge in [0, 0.05) is 22.9 Å². The van der Waals surface area contributed by atoms with E-state index in [2.05, 4.69) is 32.4 Å². The van der Waals surface area contributed by atoms with Crippen LogP contribution >= 0.6 is 11.8 Å². The molecule has 120 valence electrons. The average Bonchev–Trinajstić information content (AvgIpc) is 2.35. The molecule has 1 aromatic carbocycles. The van der Waals surface area contributed by atoms with Crippen LogP contribution in [0.3, 0.4) is 0 Å². The van der Waals surface area contributed by atoms with Crippen molar-refractivity contribution < 1.29 is 8.42 Å². The Kier molecular flexibility index (Phi) is 6.56. The van der Waals surface area contributed by atoms with E-state index in [0.29, 0.717) is 18.0 Å². The van der Waals surface area contributed by atoms with Gasteiger partial charge in [-0.3, -0.25) is 0 Å². The van der Waals surface area contributed by atoms with Crippen molar-refractivity contribution in [1.82, 2.24) is 4.72 Å². The number of thioether (sulfide) groups is 1. The van der Waals surface area contributed by atoms with Crippen molar-refractivity contribution in [3.63, 3.8) is 0 Å². The topological polar surface area (TPSA) is 72.2 Å². The van der Waals surface area contributed by atoms with Crippen LogP contribution in [-0.4, -0.2) is 26.5 Å². The minimum absolute atomic E-state index is 0.0961. The zero-order valence-electron chi connectivity index (χ0n) is 13.2. The van der Waals surface area contributed by atoms with Crippen molar-refractivity contribution in [2.24, 2.45) is 11.3 Å². The molecule has 21 heavy (non-hydrogen) atoms. The average molecular weight is 331 g/mol. The molecular weight excluding hydrogens is 304 g/mol. The van der Waals surface area contributed by atoms with Crippen LogP contribution in [0.15, 0.2) is 29.2 Å². The molecule has 0 aromatic heterocycles. The van der Waals surface area contributed by atoms with E-state index in [1.54, 1.807) is 0 Å². The predicted molar refractivity (Wildman–Crippen MR) is 92.0 cm³/mol. The van der Waals surface area contributed by atoms with Crippen LogP contribution in [0, 0.1) is 11.3 Å². The molecule has 0 bridgehead atoms. The van der Waals surface area contributed by atoms with Crippen LogP contribution in [0.2, 0.25) is 0 Å². The molecule has 1 aromatic rings. The van der Waals surface area contributed by atoms with Crippen LogP contribution in [0.1, 0.15) is 27.7 Å². The summed E-state index contributed by atoms with van der Waals surface area (Å²) < 4.78 is 26.6. The van der Waals surface area contributed by atoms with Gasteiger partial charge in [0.05, 0.1) is 5.75 Å². The van der Waals surface area contributed by atoms with Crippen LogP contribution < -0.4 is 10.5 Å². The van der Waals surface area contributed by atoms with Crippen LogP contribution in [0.25, 0.3) is 0 Å².